The maximum absolute atomic E-state index is 6.95. The summed E-state index contributed by atoms with van der Waals surface area (Å²) in [6.45, 7) is 25.2. The van der Waals surface area contributed by atoms with E-state index in [9.17, 15) is 0 Å². The molecule has 6 rings (SSSR count). The molecular formula is C56H76O6S4. The number of thiophene rings is 4. The summed E-state index contributed by atoms with van der Waals surface area (Å²) < 4.78 is 39.9. The molecule has 360 valence electrons. The first-order chi connectivity index (χ1) is 32.3. The molecule has 1 aromatic carbocycles. The summed E-state index contributed by atoms with van der Waals surface area (Å²) in [5, 5.41) is 0. The van der Waals surface area contributed by atoms with Gasteiger partial charge in [-0.15, -0.1) is 45.3 Å². The lowest BCUT2D eigenvalue weighted by atomic mass is 9.79. The van der Waals surface area contributed by atoms with Crippen LogP contribution in [0.2, 0.25) is 0 Å². The molecule has 0 amide bonds. The van der Waals surface area contributed by atoms with E-state index in [1.54, 1.807) is 52.5 Å². The monoisotopic (exact) mass is 972 g/mol. The van der Waals surface area contributed by atoms with Crippen molar-refractivity contribution in [2.45, 2.75) is 144 Å². The van der Waals surface area contributed by atoms with Crippen molar-refractivity contribution in [1.29, 1.82) is 0 Å². The van der Waals surface area contributed by atoms with E-state index >= 15 is 0 Å². The Morgan fingerprint density at radius 2 is 1.12 bits per heavy atom. The van der Waals surface area contributed by atoms with E-state index in [4.69, 9.17) is 28.4 Å². The lowest BCUT2D eigenvalue weighted by Crippen LogP contribution is -2.33. The molecule has 5 aromatic rings. The van der Waals surface area contributed by atoms with Gasteiger partial charge in [0.05, 0.1) is 59.7 Å². The fourth-order valence-corrected chi connectivity index (χ4v) is 12.9. The highest BCUT2D eigenvalue weighted by Crippen LogP contribution is 2.56. The van der Waals surface area contributed by atoms with Gasteiger partial charge in [-0.3, -0.25) is 0 Å². The Bertz CT molecular complexity index is 2270. The van der Waals surface area contributed by atoms with Gasteiger partial charge < -0.3 is 28.4 Å². The zero-order valence-corrected chi connectivity index (χ0v) is 44.3. The van der Waals surface area contributed by atoms with Crippen LogP contribution in [0.25, 0.3) is 52.5 Å². The minimum absolute atomic E-state index is 0.00817. The molecule has 0 saturated carbocycles. The van der Waals surface area contributed by atoms with Crippen LogP contribution in [-0.4, -0.2) is 40.1 Å². The van der Waals surface area contributed by atoms with E-state index in [-0.39, 0.29) is 5.41 Å². The first kappa shape index (κ1) is 51.7. The number of ether oxygens (including phenoxy) is 6. The highest BCUT2D eigenvalue weighted by atomic mass is 32.1. The molecule has 1 unspecified atom stereocenters. The van der Waals surface area contributed by atoms with Crippen LogP contribution in [0.15, 0.2) is 49.6 Å². The van der Waals surface area contributed by atoms with Crippen LogP contribution in [0.3, 0.4) is 0 Å². The third-order valence-corrected chi connectivity index (χ3v) is 17.6. The molecular weight excluding hydrogens is 897 g/mol. The Balaban J connectivity index is 1.38. The maximum atomic E-state index is 6.95. The van der Waals surface area contributed by atoms with Gasteiger partial charge in [-0.05, 0) is 86.6 Å². The van der Waals surface area contributed by atoms with Crippen molar-refractivity contribution < 1.29 is 28.4 Å². The van der Waals surface area contributed by atoms with Crippen molar-refractivity contribution >= 4 is 57.5 Å². The fourth-order valence-electron chi connectivity index (χ4n) is 8.57. The molecule has 10 heteroatoms. The maximum Gasteiger partial charge on any atom is 0.181 e. The van der Waals surface area contributed by atoms with Crippen molar-refractivity contribution in [3.8, 4) is 74.9 Å². The summed E-state index contributed by atoms with van der Waals surface area (Å²) in [6.07, 6.45) is 21.9. The van der Waals surface area contributed by atoms with Crippen molar-refractivity contribution in [2.75, 3.05) is 40.1 Å². The van der Waals surface area contributed by atoms with Crippen LogP contribution in [0, 0.1) is 11.3 Å². The first-order valence-corrected chi connectivity index (χ1v) is 28.2. The van der Waals surface area contributed by atoms with E-state index in [0.717, 1.165) is 162 Å². The quantitative estimate of drug-likeness (QED) is 0.0427. The molecule has 5 heterocycles. The number of unbranched alkanes of at least 4 members (excludes halogenated alkanes) is 7. The van der Waals surface area contributed by atoms with Crippen LogP contribution in [0.1, 0.15) is 154 Å². The van der Waals surface area contributed by atoms with E-state index < -0.39 is 0 Å². The molecule has 0 spiro atoms. The third-order valence-electron chi connectivity index (χ3n) is 12.7. The predicted octanol–water partition coefficient (Wildman–Crippen LogP) is 18.8. The second kappa shape index (κ2) is 26.2. The lowest BCUT2D eigenvalue weighted by Gasteiger charge is -2.31. The van der Waals surface area contributed by atoms with Crippen LogP contribution in [-0.2, 0) is 0 Å². The average molecular weight is 973 g/mol. The Labute approximate surface area is 413 Å². The van der Waals surface area contributed by atoms with Gasteiger partial charge in [0.25, 0.3) is 0 Å². The molecule has 0 saturated heterocycles. The predicted molar refractivity (Wildman–Crippen MR) is 288 cm³/mol. The lowest BCUT2D eigenvalue weighted by molar-refractivity contribution is 0.0794. The number of benzene rings is 1. The molecule has 6 nitrogen and oxygen atoms in total. The highest BCUT2D eigenvalue weighted by molar-refractivity contribution is 7.25. The summed E-state index contributed by atoms with van der Waals surface area (Å²) in [6, 6.07) is 13.2. The van der Waals surface area contributed by atoms with E-state index in [0.29, 0.717) is 39.0 Å². The molecule has 1 aliphatic rings. The summed E-state index contributed by atoms with van der Waals surface area (Å²) >= 11 is 6.90. The van der Waals surface area contributed by atoms with Crippen molar-refractivity contribution in [2.24, 2.45) is 11.3 Å². The van der Waals surface area contributed by atoms with E-state index in [2.05, 4.69) is 91.1 Å². The number of hydrogen-bond donors (Lipinski definition) is 0. The molecule has 0 fully saturated rings. The molecule has 66 heavy (non-hydrogen) atoms. The highest BCUT2D eigenvalue weighted by Gasteiger charge is 2.37. The number of methoxy groups -OCH3 is 1. The molecule has 0 bridgehead atoms. The topological polar surface area (TPSA) is 55.4 Å². The van der Waals surface area contributed by atoms with Crippen molar-refractivity contribution in [1.82, 2.24) is 0 Å². The van der Waals surface area contributed by atoms with Crippen LogP contribution in [0.4, 0.5) is 0 Å². The normalized spacial score (nSPS) is 13.6. The SMILES string of the molecule is C=Cc1sc(-c2ccc(-c3cc(OCC(CC)CCCC)c(-c4ccc(-c5sc(C=C)c6c5OCC(CCCC)(CCCC)CO6)s4)cc3OC)s2)c(OCCCCC)c1OCCCCC. The zero-order valence-electron chi connectivity index (χ0n) is 41.0. The number of fused-ring (bicyclic) bond motifs is 1. The van der Waals surface area contributed by atoms with Gasteiger partial charge in [-0.25, -0.2) is 0 Å². The number of rotatable bonds is 30. The molecule has 0 radical (unpaired) electrons. The fraction of sp³-hybridized carbons (Fsp3) is 0.536. The smallest absolute Gasteiger partial charge is 0.181 e. The standard InChI is InChI=1S/C56H76O6S4/c1-10-18-23-32-58-50-44(16-7)65-54(52(50)59-33-24-19-11-2)48-28-26-46(63-48)40-35-43(60-36-39(15-6)25-20-12-3)41(34-42(40)57-9)47-27-29-49(64-47)55-53-51(45(17-8)66-55)61-37-56(38-62-53,30-21-13-4)31-22-14-5/h16-17,26-29,34-35,39H,7-8,10-15,18-25,30-33,36-38H2,1-6,9H3. The van der Waals surface area contributed by atoms with Gasteiger partial charge in [0, 0.05) is 36.1 Å². The summed E-state index contributed by atoms with van der Waals surface area (Å²) in [4.78, 5) is 8.68. The second-order valence-electron chi connectivity index (χ2n) is 17.8. The van der Waals surface area contributed by atoms with Crippen LogP contribution in [0.5, 0.6) is 34.5 Å². The average Bonchev–Trinajstić information content (AvgIpc) is 4.15. The Morgan fingerprint density at radius 1 is 0.591 bits per heavy atom. The van der Waals surface area contributed by atoms with E-state index in [1.165, 1.54) is 25.7 Å². The number of hydrogen-bond acceptors (Lipinski definition) is 10. The van der Waals surface area contributed by atoms with Crippen molar-refractivity contribution in [3.63, 3.8) is 0 Å². The molecule has 4 aromatic heterocycles. The Kier molecular flexibility index (Phi) is 20.5. The minimum atomic E-state index is 0.00817. The van der Waals surface area contributed by atoms with Crippen molar-refractivity contribution in [3.05, 3.63) is 59.3 Å². The van der Waals surface area contributed by atoms with Gasteiger partial charge in [0.2, 0.25) is 0 Å². The van der Waals surface area contributed by atoms with Gasteiger partial charge in [-0.2, -0.15) is 0 Å². The van der Waals surface area contributed by atoms with Gasteiger partial charge >= 0.3 is 0 Å². The molecule has 1 aliphatic heterocycles. The van der Waals surface area contributed by atoms with Gasteiger partial charge in [-0.1, -0.05) is 125 Å². The van der Waals surface area contributed by atoms with Crippen LogP contribution < -0.4 is 28.4 Å². The second-order valence-corrected chi connectivity index (χ2v) is 22.1. The molecule has 0 aliphatic carbocycles. The molecule has 1 atom stereocenters. The third kappa shape index (κ3) is 12.7. The summed E-state index contributed by atoms with van der Waals surface area (Å²) in [7, 11) is 1.77. The van der Waals surface area contributed by atoms with Gasteiger partial charge in [0.1, 0.15) is 11.5 Å². The summed E-state index contributed by atoms with van der Waals surface area (Å²) in [5.41, 5.74) is 2.04. The van der Waals surface area contributed by atoms with Crippen LogP contribution >= 0.6 is 45.3 Å². The largest absolute Gasteiger partial charge is 0.496 e. The molecule has 0 N–H and O–H groups in total. The van der Waals surface area contributed by atoms with Gasteiger partial charge in [0.15, 0.2) is 23.0 Å². The Morgan fingerprint density at radius 3 is 1.70 bits per heavy atom. The zero-order chi connectivity index (χ0) is 46.9. The summed E-state index contributed by atoms with van der Waals surface area (Å²) in [5.74, 6) is 5.49. The first-order valence-electron chi connectivity index (χ1n) is 25.0. The minimum Gasteiger partial charge on any atom is -0.496 e. The Hall–Kier alpha value is -3.70. The van der Waals surface area contributed by atoms with E-state index in [1.807, 2.05) is 12.2 Å².